The fourth-order valence-corrected chi connectivity index (χ4v) is 1.38. The molecule has 0 fully saturated rings. The molecule has 92 valence electrons. The fourth-order valence-electron chi connectivity index (χ4n) is 1.38. The van der Waals surface area contributed by atoms with Crippen LogP contribution in [0, 0.1) is 0 Å². The summed E-state index contributed by atoms with van der Waals surface area (Å²) in [5.41, 5.74) is 3.31. The lowest BCUT2D eigenvalue weighted by Gasteiger charge is -2.24. The molecule has 1 aromatic carbocycles. The van der Waals surface area contributed by atoms with E-state index in [0.717, 1.165) is 6.92 Å². The molecular formula is C10H10F3N3O. The normalized spacial score (nSPS) is 16.1. The van der Waals surface area contributed by atoms with Gasteiger partial charge in [-0.25, -0.2) is 4.98 Å². The summed E-state index contributed by atoms with van der Waals surface area (Å²) in [5, 5.41) is 9.20. The van der Waals surface area contributed by atoms with Gasteiger partial charge in [-0.1, -0.05) is 0 Å². The number of H-pyrrole nitrogens is 1. The van der Waals surface area contributed by atoms with Crippen molar-refractivity contribution in [3.05, 3.63) is 24.0 Å². The molecule has 7 heteroatoms. The Labute approximate surface area is 94.3 Å². The van der Waals surface area contributed by atoms with Gasteiger partial charge in [0.25, 0.3) is 0 Å². The van der Waals surface area contributed by atoms with Crippen LogP contribution in [-0.4, -0.2) is 21.3 Å². The Hall–Kier alpha value is -1.76. The molecule has 0 aliphatic rings. The van der Waals surface area contributed by atoms with Gasteiger partial charge in [-0.15, -0.1) is 0 Å². The molecule has 2 rings (SSSR count). The number of hydrogen-bond acceptors (Lipinski definition) is 3. The molecule has 0 aliphatic heterocycles. The van der Waals surface area contributed by atoms with Crippen LogP contribution < -0.4 is 5.73 Å². The third-order valence-electron chi connectivity index (χ3n) is 2.55. The van der Waals surface area contributed by atoms with Crippen molar-refractivity contribution in [3.8, 4) is 5.75 Å². The lowest BCUT2D eigenvalue weighted by molar-refractivity contribution is -0.186. The maximum Gasteiger partial charge on any atom is 0.413 e. The number of imidazole rings is 1. The Morgan fingerprint density at radius 1 is 1.35 bits per heavy atom. The summed E-state index contributed by atoms with van der Waals surface area (Å²) < 4.78 is 38.1. The third-order valence-corrected chi connectivity index (χ3v) is 2.55. The smallest absolute Gasteiger partial charge is 0.413 e. The number of phenolic OH excluding ortho intramolecular Hbond substituents is 1. The van der Waals surface area contributed by atoms with Crippen molar-refractivity contribution in [2.45, 2.75) is 18.6 Å². The van der Waals surface area contributed by atoms with E-state index >= 15 is 0 Å². The number of aromatic hydroxyl groups is 1. The van der Waals surface area contributed by atoms with Gasteiger partial charge in [-0.3, -0.25) is 0 Å². The topological polar surface area (TPSA) is 74.9 Å². The maximum atomic E-state index is 12.7. The molecule has 0 saturated carbocycles. The van der Waals surface area contributed by atoms with Gasteiger partial charge in [0.05, 0.1) is 11.0 Å². The molecule has 2 aromatic rings. The number of benzene rings is 1. The van der Waals surface area contributed by atoms with E-state index in [2.05, 4.69) is 9.97 Å². The van der Waals surface area contributed by atoms with Crippen molar-refractivity contribution >= 4 is 11.0 Å². The first-order valence-electron chi connectivity index (χ1n) is 4.76. The molecule has 0 aliphatic carbocycles. The van der Waals surface area contributed by atoms with Crippen molar-refractivity contribution in [1.82, 2.24) is 9.97 Å². The minimum atomic E-state index is -4.61. The van der Waals surface area contributed by atoms with Gasteiger partial charge >= 0.3 is 6.18 Å². The van der Waals surface area contributed by atoms with Crippen LogP contribution in [0.4, 0.5) is 13.2 Å². The highest BCUT2D eigenvalue weighted by Crippen LogP contribution is 2.35. The highest BCUT2D eigenvalue weighted by atomic mass is 19.4. The highest BCUT2D eigenvalue weighted by Gasteiger charge is 2.51. The van der Waals surface area contributed by atoms with E-state index in [1.807, 2.05) is 0 Å². The lowest BCUT2D eigenvalue weighted by Crippen LogP contribution is -2.48. The van der Waals surface area contributed by atoms with E-state index in [0.29, 0.717) is 11.0 Å². The molecule has 0 saturated heterocycles. The van der Waals surface area contributed by atoms with Crippen LogP contribution in [0.15, 0.2) is 18.2 Å². The minimum Gasteiger partial charge on any atom is -0.508 e. The molecular weight excluding hydrogens is 235 g/mol. The minimum absolute atomic E-state index is 0.0570. The van der Waals surface area contributed by atoms with Gasteiger partial charge in [-0.2, -0.15) is 13.2 Å². The first kappa shape index (κ1) is 11.7. The van der Waals surface area contributed by atoms with Crippen LogP contribution >= 0.6 is 0 Å². The Kier molecular flexibility index (Phi) is 2.32. The van der Waals surface area contributed by atoms with Crippen LogP contribution in [0.25, 0.3) is 11.0 Å². The molecule has 1 atom stereocenters. The zero-order valence-corrected chi connectivity index (χ0v) is 8.84. The predicted octanol–water partition coefficient (Wildman–Crippen LogP) is 2.00. The van der Waals surface area contributed by atoms with Gasteiger partial charge in [0.1, 0.15) is 11.6 Å². The fraction of sp³-hybridized carbons (Fsp3) is 0.300. The van der Waals surface area contributed by atoms with Gasteiger partial charge in [0, 0.05) is 6.07 Å². The van der Waals surface area contributed by atoms with Gasteiger partial charge < -0.3 is 15.8 Å². The summed E-state index contributed by atoms with van der Waals surface area (Å²) in [6.07, 6.45) is -4.61. The molecule has 4 N–H and O–H groups in total. The Balaban J connectivity index is 2.57. The summed E-state index contributed by atoms with van der Waals surface area (Å²) in [6, 6.07) is 4.05. The number of aromatic nitrogens is 2. The number of rotatable bonds is 1. The number of aromatic amines is 1. The van der Waals surface area contributed by atoms with E-state index in [1.54, 1.807) is 0 Å². The van der Waals surface area contributed by atoms with Crippen LogP contribution in [0.1, 0.15) is 12.7 Å². The van der Waals surface area contributed by atoms with E-state index in [-0.39, 0.29) is 11.6 Å². The number of phenols is 1. The number of fused-ring (bicyclic) bond motifs is 1. The van der Waals surface area contributed by atoms with Crippen molar-refractivity contribution < 1.29 is 18.3 Å². The number of nitrogens with two attached hydrogens (primary N) is 1. The van der Waals surface area contributed by atoms with Crippen molar-refractivity contribution in [2.24, 2.45) is 5.73 Å². The molecule has 4 nitrogen and oxygen atoms in total. The predicted molar refractivity (Wildman–Crippen MR) is 55.4 cm³/mol. The Morgan fingerprint density at radius 3 is 2.59 bits per heavy atom. The van der Waals surface area contributed by atoms with E-state index in [4.69, 9.17) is 5.73 Å². The number of nitrogens with one attached hydrogen (secondary N) is 1. The van der Waals surface area contributed by atoms with E-state index in [9.17, 15) is 18.3 Å². The highest BCUT2D eigenvalue weighted by molar-refractivity contribution is 5.76. The number of alkyl halides is 3. The third kappa shape index (κ3) is 1.82. The largest absolute Gasteiger partial charge is 0.508 e. The molecule has 0 amide bonds. The van der Waals surface area contributed by atoms with Crippen molar-refractivity contribution in [1.29, 1.82) is 0 Å². The molecule has 1 aromatic heterocycles. The number of hydrogen-bond donors (Lipinski definition) is 3. The standard InChI is InChI=1S/C10H10F3N3O/c1-9(14,10(11,12)13)8-15-6-3-2-5(17)4-7(6)16-8/h2-4,17H,14H2,1H3,(H,15,16). The molecule has 0 spiro atoms. The summed E-state index contributed by atoms with van der Waals surface area (Å²) in [7, 11) is 0. The second kappa shape index (κ2) is 3.36. The molecule has 1 unspecified atom stereocenters. The summed E-state index contributed by atoms with van der Waals surface area (Å²) in [6.45, 7) is 0.838. The quantitative estimate of drug-likeness (QED) is 0.719. The van der Waals surface area contributed by atoms with Crippen molar-refractivity contribution in [2.75, 3.05) is 0 Å². The lowest BCUT2D eigenvalue weighted by atomic mass is 10.0. The first-order chi connectivity index (χ1) is 7.72. The number of halogens is 3. The first-order valence-corrected chi connectivity index (χ1v) is 4.76. The van der Waals surface area contributed by atoms with Gasteiger partial charge in [0.2, 0.25) is 0 Å². The number of nitrogens with zero attached hydrogens (tertiary/aromatic N) is 1. The SMILES string of the molecule is CC(N)(c1nc2ccc(O)cc2[nH]1)C(F)(F)F. The summed E-state index contributed by atoms with van der Waals surface area (Å²) in [4.78, 5) is 6.25. The average Bonchev–Trinajstić information content (AvgIpc) is 2.58. The molecule has 0 bridgehead atoms. The summed E-state index contributed by atoms with van der Waals surface area (Å²) in [5.74, 6) is -0.441. The van der Waals surface area contributed by atoms with Crippen molar-refractivity contribution in [3.63, 3.8) is 0 Å². The van der Waals surface area contributed by atoms with Crippen LogP contribution in [0.2, 0.25) is 0 Å². The zero-order chi connectivity index (χ0) is 12.8. The zero-order valence-electron chi connectivity index (χ0n) is 8.84. The molecule has 17 heavy (non-hydrogen) atoms. The second-order valence-corrected chi connectivity index (χ2v) is 3.99. The van der Waals surface area contributed by atoms with Crippen LogP contribution in [-0.2, 0) is 5.54 Å². The molecule has 0 radical (unpaired) electrons. The van der Waals surface area contributed by atoms with E-state index < -0.39 is 11.7 Å². The maximum absolute atomic E-state index is 12.7. The van der Waals surface area contributed by atoms with Crippen LogP contribution in [0.5, 0.6) is 5.75 Å². The van der Waals surface area contributed by atoms with Gasteiger partial charge in [-0.05, 0) is 19.1 Å². The second-order valence-electron chi connectivity index (χ2n) is 3.99. The average molecular weight is 245 g/mol. The van der Waals surface area contributed by atoms with Crippen LogP contribution in [0.3, 0.4) is 0 Å². The Bertz CT molecular complexity index is 559. The Morgan fingerprint density at radius 2 is 2.00 bits per heavy atom. The van der Waals surface area contributed by atoms with E-state index in [1.165, 1.54) is 18.2 Å². The van der Waals surface area contributed by atoms with Gasteiger partial charge in [0.15, 0.2) is 5.54 Å². The molecule has 1 heterocycles. The monoisotopic (exact) mass is 245 g/mol. The summed E-state index contributed by atoms with van der Waals surface area (Å²) >= 11 is 0.